The Morgan fingerprint density at radius 1 is 1.12 bits per heavy atom. The lowest BCUT2D eigenvalue weighted by Crippen LogP contribution is -2.52. The number of piperazine rings is 1. The Morgan fingerprint density at radius 3 is 2.33 bits per heavy atom. The average molecular weight is 333 g/mol. The molecule has 0 aromatic heterocycles. The van der Waals surface area contributed by atoms with Gasteiger partial charge in [-0.2, -0.15) is 0 Å². The summed E-state index contributed by atoms with van der Waals surface area (Å²) in [5.74, 6) is -0.0895. The molecule has 0 N–H and O–H groups in total. The van der Waals surface area contributed by atoms with Gasteiger partial charge in [-0.15, -0.1) is 0 Å². The van der Waals surface area contributed by atoms with Gasteiger partial charge in [-0.05, 0) is 18.9 Å². The summed E-state index contributed by atoms with van der Waals surface area (Å²) in [6.45, 7) is 4.69. The van der Waals surface area contributed by atoms with E-state index in [-0.39, 0.29) is 17.6 Å². The van der Waals surface area contributed by atoms with Gasteiger partial charge in [-0.1, -0.05) is 18.2 Å². The zero-order valence-electron chi connectivity index (χ0n) is 14.1. The largest absolute Gasteiger partial charge is 0.339 e. The third-order valence-corrected chi connectivity index (χ3v) is 4.81. The van der Waals surface area contributed by atoms with Crippen LogP contribution in [-0.2, 0) is 16.1 Å². The van der Waals surface area contributed by atoms with Gasteiger partial charge < -0.3 is 9.80 Å². The highest BCUT2D eigenvalue weighted by Crippen LogP contribution is 2.28. The summed E-state index contributed by atoms with van der Waals surface area (Å²) in [7, 11) is 0. The van der Waals surface area contributed by atoms with Crippen molar-refractivity contribution in [1.82, 2.24) is 14.7 Å². The van der Waals surface area contributed by atoms with E-state index in [2.05, 4.69) is 4.90 Å². The number of carbonyl (C=O) groups excluding carboxylic acids is 2. The minimum Gasteiger partial charge on any atom is -0.339 e. The summed E-state index contributed by atoms with van der Waals surface area (Å²) in [6, 6.07) is 7.13. The predicted octanol–water partition coefficient (Wildman–Crippen LogP) is 1.48. The number of hydrogen-bond acceptors (Lipinski definition) is 3. The first kappa shape index (κ1) is 16.9. The molecule has 0 unspecified atom stereocenters. The number of hydrogen-bond donors (Lipinski definition) is 0. The second-order valence-electron chi connectivity index (χ2n) is 6.61. The van der Waals surface area contributed by atoms with Crippen molar-refractivity contribution in [3.05, 3.63) is 35.6 Å². The summed E-state index contributed by atoms with van der Waals surface area (Å²) in [6.07, 6.45) is 2.14. The molecule has 1 saturated heterocycles. The number of amides is 2. The van der Waals surface area contributed by atoms with Crippen molar-refractivity contribution in [2.45, 2.75) is 32.4 Å². The molecule has 6 heteroatoms. The van der Waals surface area contributed by atoms with Gasteiger partial charge in [-0.25, -0.2) is 4.39 Å². The van der Waals surface area contributed by atoms with Crippen molar-refractivity contribution >= 4 is 11.8 Å². The summed E-state index contributed by atoms with van der Waals surface area (Å²) in [4.78, 5) is 29.6. The zero-order chi connectivity index (χ0) is 17.1. The third-order valence-electron chi connectivity index (χ3n) is 4.81. The van der Waals surface area contributed by atoms with Crippen LogP contribution in [0.15, 0.2) is 24.3 Å². The van der Waals surface area contributed by atoms with Gasteiger partial charge in [0.15, 0.2) is 0 Å². The van der Waals surface area contributed by atoms with Crippen LogP contribution in [0.25, 0.3) is 0 Å². The lowest BCUT2D eigenvalue weighted by molar-refractivity contribution is -0.139. The topological polar surface area (TPSA) is 43.9 Å². The molecular weight excluding hydrogens is 309 g/mol. The molecule has 0 radical (unpaired) electrons. The van der Waals surface area contributed by atoms with Crippen LogP contribution in [0.4, 0.5) is 4.39 Å². The van der Waals surface area contributed by atoms with Gasteiger partial charge >= 0.3 is 0 Å². The Kier molecular flexibility index (Phi) is 5.14. The van der Waals surface area contributed by atoms with Crippen molar-refractivity contribution in [2.24, 2.45) is 0 Å². The molecule has 2 aliphatic rings. The fourth-order valence-corrected chi connectivity index (χ4v) is 3.14. The fraction of sp³-hybridized carbons (Fsp3) is 0.556. The maximum atomic E-state index is 13.9. The highest BCUT2D eigenvalue weighted by atomic mass is 19.1. The Labute approximate surface area is 142 Å². The van der Waals surface area contributed by atoms with Crippen LogP contribution in [0.3, 0.4) is 0 Å². The van der Waals surface area contributed by atoms with E-state index in [0.29, 0.717) is 50.9 Å². The molecule has 1 aromatic rings. The quantitative estimate of drug-likeness (QED) is 0.820. The third kappa shape index (κ3) is 4.12. The number of benzene rings is 1. The molecule has 5 nitrogen and oxygen atoms in total. The Morgan fingerprint density at radius 2 is 1.75 bits per heavy atom. The van der Waals surface area contributed by atoms with Crippen LogP contribution in [0.5, 0.6) is 0 Å². The van der Waals surface area contributed by atoms with Crippen LogP contribution in [-0.4, -0.2) is 65.3 Å². The molecule has 1 aliphatic carbocycles. The van der Waals surface area contributed by atoms with Gasteiger partial charge in [0, 0.05) is 51.3 Å². The van der Waals surface area contributed by atoms with Crippen molar-refractivity contribution < 1.29 is 14.0 Å². The molecule has 1 saturated carbocycles. The maximum Gasteiger partial charge on any atom is 0.236 e. The van der Waals surface area contributed by atoms with Gasteiger partial charge in [0.1, 0.15) is 5.82 Å². The summed E-state index contributed by atoms with van der Waals surface area (Å²) < 4.78 is 13.9. The number of rotatable bonds is 5. The minimum absolute atomic E-state index is 0.0567. The monoisotopic (exact) mass is 333 g/mol. The lowest BCUT2D eigenvalue weighted by Gasteiger charge is -2.35. The maximum absolute atomic E-state index is 13.9. The Balaban J connectivity index is 1.57. The fourth-order valence-electron chi connectivity index (χ4n) is 3.14. The molecule has 0 atom stereocenters. The number of halogens is 1. The van der Waals surface area contributed by atoms with Crippen LogP contribution in [0.1, 0.15) is 25.3 Å². The van der Waals surface area contributed by atoms with E-state index in [0.717, 1.165) is 12.8 Å². The highest BCUT2D eigenvalue weighted by Gasteiger charge is 2.32. The Bertz CT molecular complexity index is 610. The van der Waals surface area contributed by atoms with E-state index in [9.17, 15) is 14.0 Å². The normalized spacial score (nSPS) is 18.1. The first-order valence-corrected chi connectivity index (χ1v) is 8.55. The van der Waals surface area contributed by atoms with Gasteiger partial charge in [0.2, 0.25) is 11.8 Å². The van der Waals surface area contributed by atoms with Crippen LogP contribution < -0.4 is 0 Å². The first-order chi connectivity index (χ1) is 11.5. The molecule has 2 fully saturated rings. The minimum atomic E-state index is -0.217. The first-order valence-electron chi connectivity index (χ1n) is 8.55. The summed E-state index contributed by atoms with van der Waals surface area (Å²) in [5, 5.41) is 0. The second-order valence-corrected chi connectivity index (χ2v) is 6.61. The van der Waals surface area contributed by atoms with Crippen molar-refractivity contribution in [2.75, 3.05) is 32.7 Å². The predicted molar refractivity (Wildman–Crippen MR) is 88.7 cm³/mol. The molecule has 0 spiro atoms. The van der Waals surface area contributed by atoms with Gasteiger partial charge in [0.05, 0.1) is 6.54 Å². The molecule has 24 heavy (non-hydrogen) atoms. The van der Waals surface area contributed by atoms with Crippen molar-refractivity contribution in [3.8, 4) is 0 Å². The van der Waals surface area contributed by atoms with Gasteiger partial charge in [-0.3, -0.25) is 14.5 Å². The van der Waals surface area contributed by atoms with E-state index < -0.39 is 0 Å². The number of carbonyl (C=O) groups is 2. The number of nitrogens with zero attached hydrogens (tertiary/aromatic N) is 3. The molecular formula is C18H24FN3O2. The zero-order valence-corrected chi connectivity index (χ0v) is 14.1. The molecule has 1 aromatic carbocycles. The molecule has 1 aliphatic heterocycles. The molecule has 130 valence electrons. The Hall–Kier alpha value is -1.95. The molecule has 1 heterocycles. The molecule has 0 bridgehead atoms. The molecule has 2 amide bonds. The molecule has 3 rings (SSSR count). The summed E-state index contributed by atoms with van der Waals surface area (Å²) >= 11 is 0. The van der Waals surface area contributed by atoms with E-state index in [4.69, 9.17) is 0 Å². The van der Waals surface area contributed by atoms with E-state index in [1.54, 1.807) is 24.0 Å². The van der Waals surface area contributed by atoms with Gasteiger partial charge in [0.25, 0.3) is 0 Å². The summed E-state index contributed by atoms with van der Waals surface area (Å²) in [5.41, 5.74) is 0.638. The average Bonchev–Trinajstić information content (AvgIpc) is 3.41. The van der Waals surface area contributed by atoms with E-state index in [1.165, 1.54) is 6.07 Å². The highest BCUT2D eigenvalue weighted by molar-refractivity contribution is 5.79. The van der Waals surface area contributed by atoms with Crippen LogP contribution in [0, 0.1) is 5.82 Å². The second kappa shape index (κ2) is 7.30. The lowest BCUT2D eigenvalue weighted by atomic mass is 10.2. The van der Waals surface area contributed by atoms with E-state index in [1.807, 2.05) is 11.0 Å². The van der Waals surface area contributed by atoms with Crippen molar-refractivity contribution in [1.29, 1.82) is 0 Å². The van der Waals surface area contributed by atoms with E-state index >= 15 is 0 Å². The van der Waals surface area contributed by atoms with Crippen LogP contribution in [0.2, 0.25) is 0 Å². The smallest absolute Gasteiger partial charge is 0.236 e. The van der Waals surface area contributed by atoms with Crippen LogP contribution >= 0.6 is 0 Å². The van der Waals surface area contributed by atoms with Crippen molar-refractivity contribution in [3.63, 3.8) is 0 Å². The standard InChI is InChI=1S/C18H24FN3O2/c1-14(23)20-8-10-21(11-9-20)18(24)13-22(16-6-7-16)12-15-4-2-3-5-17(15)19/h2-5,16H,6-13H2,1H3. The SMILES string of the molecule is CC(=O)N1CCN(C(=O)CN(Cc2ccccc2F)C2CC2)CC1.